The molecule has 0 unspecified atom stereocenters. The van der Waals surface area contributed by atoms with Crippen LogP contribution in [0.25, 0.3) is 0 Å². The second kappa shape index (κ2) is 7.61. The first kappa shape index (κ1) is 18.0. The number of aliphatic hydroxyl groups excluding tert-OH is 1. The van der Waals surface area contributed by atoms with E-state index in [1.165, 1.54) is 16.7 Å². The number of rotatable bonds is 4. The maximum atomic E-state index is 10.1. The van der Waals surface area contributed by atoms with Gasteiger partial charge in [0, 0.05) is 0 Å². The van der Waals surface area contributed by atoms with Gasteiger partial charge in [0.15, 0.2) is 0 Å². The second-order valence-corrected chi connectivity index (χ2v) is 8.29. The molecular weight excluding hydrogens is 308 g/mol. The van der Waals surface area contributed by atoms with E-state index in [0.29, 0.717) is 12.5 Å². The summed E-state index contributed by atoms with van der Waals surface area (Å²) in [4.78, 5) is 0. The fraction of sp³-hybridized carbons (Fsp3) is 0.478. The fourth-order valence-electron chi connectivity index (χ4n) is 3.64. The minimum atomic E-state index is -0.178. The monoisotopic (exact) mass is 338 g/mol. The van der Waals surface area contributed by atoms with Crippen molar-refractivity contribution in [1.29, 1.82) is 0 Å². The van der Waals surface area contributed by atoms with Crippen LogP contribution in [0.4, 0.5) is 0 Å². The molecule has 0 spiro atoms. The zero-order valence-electron chi connectivity index (χ0n) is 15.7. The standard InChI is InChI=1S/C23H30O2/c1-23(2,3)19-12-13-21(18-10-7-11-20(24)14-18)22(15-19)25-16-17-8-5-4-6-9-17/h4-6,8-9,12-13,15,18,20,24H,7,10-11,14,16H2,1-3H3/t18-,20+/m0/s1. The number of benzene rings is 2. The Morgan fingerprint density at radius 1 is 1.04 bits per heavy atom. The summed E-state index contributed by atoms with van der Waals surface area (Å²) in [7, 11) is 0. The number of hydrogen-bond donors (Lipinski definition) is 1. The number of hydrogen-bond acceptors (Lipinski definition) is 2. The molecule has 25 heavy (non-hydrogen) atoms. The van der Waals surface area contributed by atoms with Gasteiger partial charge < -0.3 is 9.84 Å². The van der Waals surface area contributed by atoms with Crippen LogP contribution in [-0.2, 0) is 12.0 Å². The van der Waals surface area contributed by atoms with Gasteiger partial charge in [-0.05, 0) is 53.4 Å². The van der Waals surface area contributed by atoms with E-state index >= 15 is 0 Å². The summed E-state index contributed by atoms with van der Waals surface area (Å²) in [6.45, 7) is 7.27. The van der Waals surface area contributed by atoms with E-state index < -0.39 is 0 Å². The zero-order chi connectivity index (χ0) is 17.9. The lowest BCUT2D eigenvalue weighted by atomic mass is 9.80. The van der Waals surface area contributed by atoms with Crippen molar-refractivity contribution in [3.63, 3.8) is 0 Å². The molecule has 0 aliphatic heterocycles. The van der Waals surface area contributed by atoms with Crippen LogP contribution in [0.1, 0.15) is 69.1 Å². The first-order valence-corrected chi connectivity index (χ1v) is 9.42. The molecule has 2 nitrogen and oxygen atoms in total. The van der Waals surface area contributed by atoms with Gasteiger partial charge in [0.25, 0.3) is 0 Å². The van der Waals surface area contributed by atoms with Gasteiger partial charge in [-0.25, -0.2) is 0 Å². The van der Waals surface area contributed by atoms with Gasteiger partial charge in [-0.2, -0.15) is 0 Å². The van der Waals surface area contributed by atoms with Crippen LogP contribution in [0, 0.1) is 0 Å². The Labute approximate surface area is 151 Å². The highest BCUT2D eigenvalue weighted by Crippen LogP contribution is 2.39. The van der Waals surface area contributed by atoms with Crippen molar-refractivity contribution < 1.29 is 9.84 Å². The highest BCUT2D eigenvalue weighted by atomic mass is 16.5. The molecule has 0 aromatic heterocycles. The quantitative estimate of drug-likeness (QED) is 0.788. The Morgan fingerprint density at radius 3 is 2.48 bits per heavy atom. The van der Waals surface area contributed by atoms with Crippen LogP contribution in [0.5, 0.6) is 5.75 Å². The SMILES string of the molecule is CC(C)(C)c1ccc([C@H]2CCC[C@@H](O)C2)c(OCc2ccccc2)c1. The summed E-state index contributed by atoms with van der Waals surface area (Å²) < 4.78 is 6.27. The third kappa shape index (κ3) is 4.64. The molecule has 2 atom stereocenters. The lowest BCUT2D eigenvalue weighted by Crippen LogP contribution is -2.19. The summed E-state index contributed by atoms with van der Waals surface area (Å²) in [5.41, 5.74) is 3.81. The minimum Gasteiger partial charge on any atom is -0.489 e. The van der Waals surface area contributed by atoms with E-state index in [9.17, 15) is 5.11 Å². The summed E-state index contributed by atoms with van der Waals surface area (Å²) in [6, 6.07) is 17.0. The lowest BCUT2D eigenvalue weighted by molar-refractivity contribution is 0.118. The fourth-order valence-corrected chi connectivity index (χ4v) is 3.64. The highest BCUT2D eigenvalue weighted by Gasteiger charge is 2.25. The van der Waals surface area contributed by atoms with Gasteiger partial charge in [0.2, 0.25) is 0 Å². The third-order valence-corrected chi connectivity index (χ3v) is 5.20. The Balaban J connectivity index is 1.87. The van der Waals surface area contributed by atoms with E-state index in [1.54, 1.807) is 0 Å². The van der Waals surface area contributed by atoms with Gasteiger partial charge in [0.05, 0.1) is 6.10 Å². The molecule has 2 aromatic rings. The predicted octanol–water partition coefficient (Wildman–Crippen LogP) is 5.58. The third-order valence-electron chi connectivity index (χ3n) is 5.20. The molecule has 1 aliphatic rings. The molecule has 1 fully saturated rings. The molecule has 2 heteroatoms. The Hall–Kier alpha value is -1.80. The topological polar surface area (TPSA) is 29.5 Å². The van der Waals surface area contributed by atoms with Crippen molar-refractivity contribution in [3.8, 4) is 5.75 Å². The van der Waals surface area contributed by atoms with Crippen molar-refractivity contribution in [2.75, 3.05) is 0 Å². The first-order valence-electron chi connectivity index (χ1n) is 9.42. The van der Waals surface area contributed by atoms with Crippen molar-refractivity contribution in [2.24, 2.45) is 0 Å². The van der Waals surface area contributed by atoms with Gasteiger partial charge in [-0.15, -0.1) is 0 Å². The Morgan fingerprint density at radius 2 is 1.80 bits per heavy atom. The average molecular weight is 338 g/mol. The summed E-state index contributed by atoms with van der Waals surface area (Å²) in [5, 5.41) is 10.1. The molecule has 0 saturated heterocycles. The van der Waals surface area contributed by atoms with Crippen LogP contribution in [-0.4, -0.2) is 11.2 Å². The Bertz CT molecular complexity index is 685. The molecule has 0 radical (unpaired) electrons. The van der Waals surface area contributed by atoms with E-state index in [0.717, 1.165) is 31.4 Å². The van der Waals surface area contributed by atoms with Gasteiger partial charge in [0.1, 0.15) is 12.4 Å². The van der Waals surface area contributed by atoms with Crippen LogP contribution >= 0.6 is 0 Å². The summed E-state index contributed by atoms with van der Waals surface area (Å²) >= 11 is 0. The molecule has 134 valence electrons. The normalized spacial score (nSPS) is 21.1. The van der Waals surface area contributed by atoms with E-state index in [-0.39, 0.29) is 11.5 Å². The van der Waals surface area contributed by atoms with E-state index in [1.807, 2.05) is 18.2 Å². The summed E-state index contributed by atoms with van der Waals surface area (Å²) in [5.74, 6) is 1.37. The predicted molar refractivity (Wildman–Crippen MR) is 103 cm³/mol. The van der Waals surface area contributed by atoms with E-state index in [4.69, 9.17) is 4.74 Å². The van der Waals surface area contributed by atoms with Crippen LogP contribution in [0.15, 0.2) is 48.5 Å². The molecule has 0 bridgehead atoms. The number of aliphatic hydroxyl groups is 1. The minimum absolute atomic E-state index is 0.0927. The van der Waals surface area contributed by atoms with Gasteiger partial charge in [-0.1, -0.05) is 69.7 Å². The Kier molecular flexibility index (Phi) is 5.48. The highest BCUT2D eigenvalue weighted by molar-refractivity contribution is 5.42. The molecule has 3 rings (SSSR count). The molecule has 0 amide bonds. The average Bonchev–Trinajstić information content (AvgIpc) is 2.60. The van der Waals surface area contributed by atoms with Crippen molar-refractivity contribution in [1.82, 2.24) is 0 Å². The van der Waals surface area contributed by atoms with Crippen molar-refractivity contribution in [2.45, 2.75) is 70.5 Å². The largest absolute Gasteiger partial charge is 0.489 e. The smallest absolute Gasteiger partial charge is 0.123 e. The molecular formula is C23H30O2. The molecule has 2 aromatic carbocycles. The number of ether oxygens (including phenoxy) is 1. The molecule has 1 N–H and O–H groups in total. The maximum Gasteiger partial charge on any atom is 0.123 e. The molecule has 1 saturated carbocycles. The maximum absolute atomic E-state index is 10.1. The van der Waals surface area contributed by atoms with Gasteiger partial charge >= 0.3 is 0 Å². The van der Waals surface area contributed by atoms with Crippen LogP contribution in [0.3, 0.4) is 0 Å². The first-order chi connectivity index (χ1) is 11.9. The molecule has 0 heterocycles. The molecule has 1 aliphatic carbocycles. The lowest BCUT2D eigenvalue weighted by Gasteiger charge is -2.29. The van der Waals surface area contributed by atoms with Gasteiger partial charge in [-0.3, -0.25) is 0 Å². The van der Waals surface area contributed by atoms with E-state index in [2.05, 4.69) is 51.1 Å². The zero-order valence-corrected chi connectivity index (χ0v) is 15.7. The van der Waals surface area contributed by atoms with Crippen molar-refractivity contribution in [3.05, 3.63) is 65.2 Å². The summed E-state index contributed by atoms with van der Waals surface area (Å²) in [6.07, 6.45) is 3.81. The van der Waals surface area contributed by atoms with Crippen molar-refractivity contribution >= 4 is 0 Å². The van der Waals surface area contributed by atoms with Crippen LogP contribution < -0.4 is 4.74 Å². The second-order valence-electron chi connectivity index (χ2n) is 8.29. The van der Waals surface area contributed by atoms with Crippen LogP contribution in [0.2, 0.25) is 0 Å².